The van der Waals surface area contributed by atoms with Gasteiger partial charge in [0.05, 0.1) is 16.0 Å². The molecular weight excluding hydrogens is 286 g/mol. The Bertz CT molecular complexity index is 527. The zero-order valence-corrected chi connectivity index (χ0v) is 13.0. The molecule has 108 valence electrons. The first kappa shape index (κ1) is 16.3. The van der Waals surface area contributed by atoms with Gasteiger partial charge in [-0.3, -0.25) is 0 Å². The van der Waals surface area contributed by atoms with Crippen molar-refractivity contribution in [2.24, 2.45) is 5.73 Å². The van der Waals surface area contributed by atoms with Gasteiger partial charge in [0, 0.05) is 6.04 Å². The molecule has 6 heteroatoms. The predicted molar refractivity (Wildman–Crippen MR) is 78.5 cm³/mol. The van der Waals surface area contributed by atoms with Gasteiger partial charge in [0.15, 0.2) is 9.84 Å². The topological polar surface area (TPSA) is 69.4 Å². The molecule has 1 aromatic rings. The Morgan fingerprint density at radius 3 is 2.42 bits per heavy atom. The Kier molecular flexibility index (Phi) is 5.64. The quantitative estimate of drug-likeness (QED) is 0.877. The van der Waals surface area contributed by atoms with Crippen LogP contribution < -0.4 is 10.5 Å². The monoisotopic (exact) mass is 305 g/mol. The van der Waals surface area contributed by atoms with Crippen LogP contribution >= 0.6 is 11.6 Å². The van der Waals surface area contributed by atoms with Gasteiger partial charge in [-0.15, -0.1) is 0 Å². The van der Waals surface area contributed by atoms with E-state index in [1.165, 1.54) is 0 Å². The van der Waals surface area contributed by atoms with E-state index in [0.717, 1.165) is 5.56 Å². The highest BCUT2D eigenvalue weighted by Gasteiger charge is 2.16. The molecule has 0 aliphatic rings. The highest BCUT2D eigenvalue weighted by atomic mass is 35.5. The SMILES string of the molecule is CC(N)c1ccc(OCCS(=O)(=O)C(C)C)c(Cl)c1. The minimum Gasteiger partial charge on any atom is -0.491 e. The first-order valence-electron chi connectivity index (χ1n) is 6.13. The number of sulfone groups is 1. The van der Waals surface area contributed by atoms with E-state index in [2.05, 4.69) is 0 Å². The molecule has 4 nitrogen and oxygen atoms in total. The molecular formula is C13H20ClNO3S. The number of hydrogen-bond acceptors (Lipinski definition) is 4. The Morgan fingerprint density at radius 2 is 1.95 bits per heavy atom. The second kappa shape index (κ2) is 6.59. The van der Waals surface area contributed by atoms with E-state index in [1.54, 1.807) is 26.0 Å². The van der Waals surface area contributed by atoms with Crippen molar-refractivity contribution in [3.8, 4) is 5.75 Å². The van der Waals surface area contributed by atoms with Crippen LogP contribution in [-0.2, 0) is 9.84 Å². The van der Waals surface area contributed by atoms with Gasteiger partial charge in [0.1, 0.15) is 12.4 Å². The van der Waals surface area contributed by atoms with Crippen molar-refractivity contribution in [2.45, 2.75) is 32.1 Å². The lowest BCUT2D eigenvalue weighted by Crippen LogP contribution is -2.22. The number of ether oxygens (including phenoxy) is 1. The first-order valence-corrected chi connectivity index (χ1v) is 8.22. The van der Waals surface area contributed by atoms with Gasteiger partial charge in [0.2, 0.25) is 0 Å². The molecule has 0 bridgehead atoms. The Labute approximate surface area is 119 Å². The summed E-state index contributed by atoms with van der Waals surface area (Å²) in [6.45, 7) is 5.26. The van der Waals surface area contributed by atoms with Gasteiger partial charge in [0.25, 0.3) is 0 Å². The van der Waals surface area contributed by atoms with Gasteiger partial charge in [-0.1, -0.05) is 17.7 Å². The summed E-state index contributed by atoms with van der Waals surface area (Å²) in [7, 11) is -3.09. The molecule has 0 fully saturated rings. The second-order valence-electron chi connectivity index (χ2n) is 4.74. The average molecular weight is 306 g/mol. The normalized spacial score (nSPS) is 13.6. The summed E-state index contributed by atoms with van der Waals surface area (Å²) in [6, 6.07) is 5.16. The van der Waals surface area contributed by atoms with Crippen LogP contribution in [0.3, 0.4) is 0 Å². The molecule has 1 aromatic carbocycles. The fraction of sp³-hybridized carbons (Fsp3) is 0.538. The average Bonchev–Trinajstić information content (AvgIpc) is 2.30. The smallest absolute Gasteiger partial charge is 0.155 e. The molecule has 0 saturated carbocycles. The van der Waals surface area contributed by atoms with E-state index in [1.807, 2.05) is 13.0 Å². The molecule has 0 saturated heterocycles. The van der Waals surface area contributed by atoms with Crippen molar-refractivity contribution < 1.29 is 13.2 Å². The van der Waals surface area contributed by atoms with Crippen LogP contribution in [0, 0.1) is 0 Å². The minimum atomic E-state index is -3.09. The molecule has 2 N–H and O–H groups in total. The van der Waals surface area contributed by atoms with Crippen LogP contribution in [0.4, 0.5) is 0 Å². The zero-order valence-electron chi connectivity index (χ0n) is 11.4. The van der Waals surface area contributed by atoms with Gasteiger partial charge in [-0.2, -0.15) is 0 Å². The third-order valence-corrected chi connectivity index (χ3v) is 5.29. The summed E-state index contributed by atoms with van der Waals surface area (Å²) in [5.74, 6) is 0.459. The van der Waals surface area contributed by atoms with E-state index in [4.69, 9.17) is 22.1 Å². The maximum Gasteiger partial charge on any atom is 0.155 e. The van der Waals surface area contributed by atoms with Crippen LogP contribution in [0.2, 0.25) is 5.02 Å². The minimum absolute atomic E-state index is 0.0178. The third-order valence-electron chi connectivity index (χ3n) is 2.83. The Morgan fingerprint density at radius 1 is 1.32 bits per heavy atom. The molecule has 0 radical (unpaired) electrons. The van der Waals surface area contributed by atoms with E-state index in [0.29, 0.717) is 10.8 Å². The van der Waals surface area contributed by atoms with E-state index in [-0.39, 0.29) is 18.4 Å². The summed E-state index contributed by atoms with van der Waals surface area (Å²) in [5.41, 5.74) is 6.65. The number of rotatable bonds is 6. The lowest BCUT2D eigenvalue weighted by atomic mass is 10.1. The summed E-state index contributed by atoms with van der Waals surface area (Å²) < 4.78 is 28.6. The van der Waals surface area contributed by atoms with Gasteiger partial charge >= 0.3 is 0 Å². The van der Waals surface area contributed by atoms with Crippen LogP contribution in [0.25, 0.3) is 0 Å². The highest BCUT2D eigenvalue weighted by molar-refractivity contribution is 7.91. The molecule has 0 amide bonds. The molecule has 0 aliphatic carbocycles. The predicted octanol–water partition coefficient (Wildman–Crippen LogP) is 2.56. The Balaban J connectivity index is 2.65. The maximum absolute atomic E-state index is 11.6. The van der Waals surface area contributed by atoms with Crippen molar-refractivity contribution in [3.63, 3.8) is 0 Å². The molecule has 1 atom stereocenters. The Hall–Kier alpha value is -0.780. The molecule has 1 unspecified atom stereocenters. The van der Waals surface area contributed by atoms with Crippen LogP contribution in [0.1, 0.15) is 32.4 Å². The standard InChI is InChI=1S/C13H20ClNO3S/c1-9(2)19(16,17)7-6-18-13-5-4-11(10(3)15)8-12(13)14/h4-5,8-10H,6-7,15H2,1-3H3. The number of nitrogens with two attached hydrogens (primary N) is 1. The lowest BCUT2D eigenvalue weighted by Gasteiger charge is -2.12. The van der Waals surface area contributed by atoms with Crippen molar-refractivity contribution in [3.05, 3.63) is 28.8 Å². The molecule has 1 rings (SSSR count). The molecule has 0 spiro atoms. The first-order chi connectivity index (χ1) is 8.74. The van der Waals surface area contributed by atoms with Gasteiger partial charge in [-0.25, -0.2) is 8.42 Å². The summed E-state index contributed by atoms with van der Waals surface area (Å²) >= 11 is 6.06. The lowest BCUT2D eigenvalue weighted by molar-refractivity contribution is 0.340. The fourth-order valence-corrected chi connectivity index (χ4v) is 2.45. The maximum atomic E-state index is 11.6. The number of benzene rings is 1. The van der Waals surface area contributed by atoms with Crippen molar-refractivity contribution in [2.75, 3.05) is 12.4 Å². The molecule has 19 heavy (non-hydrogen) atoms. The number of halogens is 1. The van der Waals surface area contributed by atoms with Crippen LogP contribution in [0.5, 0.6) is 5.75 Å². The van der Waals surface area contributed by atoms with Crippen LogP contribution in [0.15, 0.2) is 18.2 Å². The summed E-state index contributed by atoms with van der Waals surface area (Å²) in [5, 5.41) is 0.0452. The van der Waals surface area contributed by atoms with E-state index in [9.17, 15) is 8.42 Å². The van der Waals surface area contributed by atoms with Gasteiger partial charge in [-0.05, 0) is 38.5 Å². The molecule has 0 aromatic heterocycles. The zero-order chi connectivity index (χ0) is 14.6. The summed E-state index contributed by atoms with van der Waals surface area (Å²) in [6.07, 6.45) is 0. The van der Waals surface area contributed by atoms with E-state index < -0.39 is 15.1 Å². The van der Waals surface area contributed by atoms with Crippen molar-refractivity contribution in [1.29, 1.82) is 0 Å². The largest absolute Gasteiger partial charge is 0.491 e. The highest BCUT2D eigenvalue weighted by Crippen LogP contribution is 2.27. The molecule has 0 heterocycles. The molecule has 0 aliphatic heterocycles. The van der Waals surface area contributed by atoms with Crippen molar-refractivity contribution in [1.82, 2.24) is 0 Å². The third kappa shape index (κ3) is 4.67. The van der Waals surface area contributed by atoms with Crippen molar-refractivity contribution >= 4 is 21.4 Å². The van der Waals surface area contributed by atoms with Gasteiger partial charge < -0.3 is 10.5 Å². The number of hydrogen-bond donors (Lipinski definition) is 1. The fourth-order valence-electron chi connectivity index (χ4n) is 1.42. The second-order valence-corrected chi connectivity index (χ2v) is 7.83. The summed E-state index contributed by atoms with van der Waals surface area (Å²) in [4.78, 5) is 0. The van der Waals surface area contributed by atoms with Crippen LogP contribution in [-0.4, -0.2) is 26.0 Å². The van der Waals surface area contributed by atoms with E-state index >= 15 is 0 Å².